The molecule has 0 N–H and O–H groups in total. The molecule has 0 fully saturated rings. The molecule has 3 aromatic rings. The molecule has 0 saturated carbocycles. The highest BCUT2D eigenvalue weighted by Crippen LogP contribution is 2.19. The summed E-state index contributed by atoms with van der Waals surface area (Å²) in [6.07, 6.45) is 4.32. The van der Waals surface area contributed by atoms with Gasteiger partial charge in [-0.2, -0.15) is 0 Å². The topological polar surface area (TPSA) is 3.24 Å². The van der Waals surface area contributed by atoms with Crippen LogP contribution >= 0.6 is 11.6 Å². The first-order valence-electron chi connectivity index (χ1n) is 7.80. The zero-order valence-electron chi connectivity index (χ0n) is 13.2. The monoisotopic (exact) mass is 321 g/mol. The van der Waals surface area contributed by atoms with Crippen LogP contribution < -0.4 is 0 Å². The second-order valence-corrected chi connectivity index (χ2v) is 6.23. The van der Waals surface area contributed by atoms with E-state index in [-0.39, 0.29) is 0 Å². The number of likely N-dealkylation sites (N-methyl/N-ethyl adjacent to an activating group) is 1. The predicted molar refractivity (Wildman–Crippen MR) is 101 cm³/mol. The number of halogens is 1. The van der Waals surface area contributed by atoms with E-state index in [1.165, 1.54) is 21.9 Å². The van der Waals surface area contributed by atoms with Gasteiger partial charge in [0.15, 0.2) is 0 Å². The van der Waals surface area contributed by atoms with Crippen molar-refractivity contribution in [1.82, 2.24) is 4.90 Å². The quantitative estimate of drug-likeness (QED) is 0.588. The van der Waals surface area contributed by atoms with Gasteiger partial charge >= 0.3 is 0 Å². The Kier molecular flexibility index (Phi) is 5.12. The number of hydrogen-bond acceptors (Lipinski definition) is 1. The Morgan fingerprint density at radius 2 is 1.65 bits per heavy atom. The van der Waals surface area contributed by atoms with Crippen LogP contribution in [-0.2, 0) is 6.54 Å². The summed E-state index contributed by atoms with van der Waals surface area (Å²) in [5.41, 5.74) is 2.54. The molecule has 0 aliphatic heterocycles. The number of hydrogen-bond donors (Lipinski definition) is 0. The molecule has 0 aliphatic carbocycles. The molecule has 0 radical (unpaired) electrons. The second kappa shape index (κ2) is 7.45. The van der Waals surface area contributed by atoms with Crippen molar-refractivity contribution in [3.63, 3.8) is 0 Å². The summed E-state index contributed by atoms with van der Waals surface area (Å²) < 4.78 is 0. The lowest BCUT2D eigenvalue weighted by molar-refractivity contribution is 0.365. The lowest BCUT2D eigenvalue weighted by Crippen LogP contribution is -2.17. The third kappa shape index (κ3) is 4.22. The maximum Gasteiger partial charge on any atom is 0.0406 e. The fourth-order valence-electron chi connectivity index (χ4n) is 2.73. The highest BCUT2D eigenvalue weighted by molar-refractivity contribution is 6.30. The van der Waals surface area contributed by atoms with Gasteiger partial charge in [-0.1, -0.05) is 78.4 Å². The molecule has 116 valence electrons. The van der Waals surface area contributed by atoms with Crippen LogP contribution in [0.15, 0.2) is 72.8 Å². The predicted octanol–water partition coefficient (Wildman–Crippen LogP) is 5.64. The number of benzene rings is 3. The molecule has 0 unspecified atom stereocenters. The van der Waals surface area contributed by atoms with Gasteiger partial charge in [-0.15, -0.1) is 0 Å². The highest BCUT2D eigenvalue weighted by atomic mass is 35.5. The first-order chi connectivity index (χ1) is 11.2. The molecular formula is C21H20ClN. The molecule has 0 atom stereocenters. The summed E-state index contributed by atoms with van der Waals surface area (Å²) in [5.74, 6) is 0. The van der Waals surface area contributed by atoms with Crippen LogP contribution in [0.3, 0.4) is 0 Å². The molecule has 3 rings (SSSR count). The van der Waals surface area contributed by atoms with Crippen molar-refractivity contribution in [2.24, 2.45) is 0 Å². The van der Waals surface area contributed by atoms with E-state index in [1.54, 1.807) is 0 Å². The summed E-state index contributed by atoms with van der Waals surface area (Å²) >= 11 is 5.90. The van der Waals surface area contributed by atoms with E-state index in [1.807, 2.05) is 24.3 Å². The SMILES string of the molecule is CN(CC=Cc1ccc(Cl)cc1)Cc1cccc2ccccc12. The Balaban J connectivity index is 1.64. The van der Waals surface area contributed by atoms with Crippen LogP contribution in [0.1, 0.15) is 11.1 Å². The first-order valence-corrected chi connectivity index (χ1v) is 8.17. The fraction of sp³-hybridized carbons (Fsp3) is 0.143. The van der Waals surface area contributed by atoms with E-state index >= 15 is 0 Å². The number of rotatable bonds is 5. The summed E-state index contributed by atoms with van der Waals surface area (Å²) in [7, 11) is 2.15. The van der Waals surface area contributed by atoms with Crippen LogP contribution in [0.2, 0.25) is 5.02 Å². The summed E-state index contributed by atoms with van der Waals surface area (Å²) in [5, 5.41) is 3.41. The lowest BCUT2D eigenvalue weighted by Gasteiger charge is -2.16. The smallest absolute Gasteiger partial charge is 0.0406 e. The minimum atomic E-state index is 0.773. The van der Waals surface area contributed by atoms with Gasteiger partial charge in [0.1, 0.15) is 0 Å². The van der Waals surface area contributed by atoms with Gasteiger partial charge in [0, 0.05) is 18.1 Å². The Morgan fingerprint density at radius 3 is 2.48 bits per heavy atom. The maximum atomic E-state index is 5.90. The summed E-state index contributed by atoms with van der Waals surface area (Å²) in [4.78, 5) is 2.31. The molecule has 0 aromatic heterocycles. The standard InChI is InChI=1S/C21H20ClN/c1-23(15-5-6-17-11-13-20(22)14-12-17)16-19-9-4-8-18-7-2-3-10-21(18)19/h2-14H,15-16H2,1H3. The van der Waals surface area contributed by atoms with Crippen molar-refractivity contribution in [3.8, 4) is 0 Å². The minimum Gasteiger partial charge on any atom is -0.298 e. The first kappa shape index (κ1) is 15.8. The Hall–Kier alpha value is -2.09. The van der Waals surface area contributed by atoms with Crippen molar-refractivity contribution in [2.45, 2.75) is 6.54 Å². The van der Waals surface area contributed by atoms with Crippen molar-refractivity contribution < 1.29 is 0 Å². The van der Waals surface area contributed by atoms with Crippen LogP contribution in [0.25, 0.3) is 16.8 Å². The number of fused-ring (bicyclic) bond motifs is 1. The van der Waals surface area contributed by atoms with Crippen molar-refractivity contribution >= 4 is 28.4 Å². The minimum absolute atomic E-state index is 0.773. The Labute approximate surface area is 142 Å². The molecule has 3 aromatic carbocycles. The third-order valence-corrected chi connectivity index (χ3v) is 4.17. The van der Waals surface area contributed by atoms with Gasteiger partial charge < -0.3 is 0 Å². The van der Waals surface area contributed by atoms with E-state index in [4.69, 9.17) is 11.6 Å². The van der Waals surface area contributed by atoms with Gasteiger partial charge in [-0.3, -0.25) is 4.90 Å². The van der Waals surface area contributed by atoms with E-state index < -0.39 is 0 Å². The molecule has 0 saturated heterocycles. The number of nitrogens with zero attached hydrogens (tertiary/aromatic N) is 1. The maximum absolute atomic E-state index is 5.90. The largest absolute Gasteiger partial charge is 0.298 e. The Morgan fingerprint density at radius 1 is 0.913 bits per heavy atom. The van der Waals surface area contributed by atoms with Crippen molar-refractivity contribution in [3.05, 3.63) is 89.0 Å². The fourth-order valence-corrected chi connectivity index (χ4v) is 2.85. The van der Waals surface area contributed by atoms with Gasteiger partial charge in [0.05, 0.1) is 0 Å². The molecule has 0 heterocycles. The van der Waals surface area contributed by atoms with Gasteiger partial charge in [-0.05, 0) is 41.1 Å². The molecule has 0 spiro atoms. The van der Waals surface area contributed by atoms with E-state index in [0.29, 0.717) is 0 Å². The molecule has 1 nitrogen and oxygen atoms in total. The molecule has 0 amide bonds. The molecule has 0 aliphatic rings. The highest BCUT2D eigenvalue weighted by Gasteiger charge is 2.03. The van der Waals surface area contributed by atoms with Gasteiger partial charge in [0.2, 0.25) is 0 Å². The average molecular weight is 322 g/mol. The zero-order valence-corrected chi connectivity index (χ0v) is 14.0. The average Bonchev–Trinajstić information content (AvgIpc) is 2.57. The lowest BCUT2D eigenvalue weighted by atomic mass is 10.0. The molecular weight excluding hydrogens is 302 g/mol. The van der Waals surface area contributed by atoms with E-state index in [9.17, 15) is 0 Å². The van der Waals surface area contributed by atoms with Crippen LogP contribution in [0.5, 0.6) is 0 Å². The summed E-state index contributed by atoms with van der Waals surface area (Å²) in [6, 6.07) is 23.0. The third-order valence-electron chi connectivity index (χ3n) is 3.92. The molecule has 0 bridgehead atoms. The summed E-state index contributed by atoms with van der Waals surface area (Å²) in [6.45, 7) is 1.85. The molecule has 23 heavy (non-hydrogen) atoms. The van der Waals surface area contributed by atoms with Gasteiger partial charge in [0.25, 0.3) is 0 Å². The normalized spacial score (nSPS) is 11.6. The molecule has 2 heteroatoms. The van der Waals surface area contributed by atoms with Crippen molar-refractivity contribution in [1.29, 1.82) is 0 Å². The Bertz CT molecular complexity index is 800. The van der Waals surface area contributed by atoms with Gasteiger partial charge in [-0.25, -0.2) is 0 Å². The second-order valence-electron chi connectivity index (χ2n) is 5.79. The zero-order chi connectivity index (χ0) is 16.1. The van der Waals surface area contributed by atoms with Crippen LogP contribution in [0, 0.1) is 0 Å². The van der Waals surface area contributed by atoms with Crippen molar-refractivity contribution in [2.75, 3.05) is 13.6 Å². The van der Waals surface area contributed by atoms with E-state index in [0.717, 1.165) is 18.1 Å². The van der Waals surface area contributed by atoms with Crippen LogP contribution in [0.4, 0.5) is 0 Å². The van der Waals surface area contributed by atoms with Crippen LogP contribution in [-0.4, -0.2) is 18.5 Å². The van der Waals surface area contributed by atoms with E-state index in [2.05, 4.69) is 66.6 Å².